The zero-order chi connectivity index (χ0) is 15.0. The quantitative estimate of drug-likeness (QED) is 0.717. The minimum atomic E-state index is -0.855. The molecule has 20 heavy (non-hydrogen) atoms. The van der Waals surface area contributed by atoms with Crippen molar-refractivity contribution in [2.75, 3.05) is 11.9 Å². The third-order valence-corrected chi connectivity index (χ3v) is 2.88. The first-order chi connectivity index (χ1) is 9.51. The maximum atomic E-state index is 11.6. The molecule has 0 aromatic heterocycles. The molecule has 0 aliphatic carbocycles. The lowest BCUT2D eigenvalue weighted by atomic mass is 10.1. The molecule has 1 unspecified atom stereocenters. The molecule has 0 bridgehead atoms. The van der Waals surface area contributed by atoms with Crippen LogP contribution in [0.15, 0.2) is 24.3 Å². The monoisotopic (exact) mass is 278 g/mol. The molecule has 110 valence electrons. The minimum Gasteiger partial charge on any atom is -0.481 e. The van der Waals surface area contributed by atoms with Gasteiger partial charge in [-0.05, 0) is 30.0 Å². The summed E-state index contributed by atoms with van der Waals surface area (Å²) in [5.74, 6) is -0.948. The number of aliphatic carboxylic acids is 1. The second-order valence-electron chi connectivity index (χ2n) is 4.98. The molecule has 1 atom stereocenters. The van der Waals surface area contributed by atoms with E-state index in [1.54, 1.807) is 6.92 Å². The van der Waals surface area contributed by atoms with Gasteiger partial charge in [-0.15, -0.1) is 0 Å². The fraction of sp³-hybridized carbons (Fsp3) is 0.467. The average Bonchev–Trinajstić information content (AvgIpc) is 2.38. The van der Waals surface area contributed by atoms with E-state index in [9.17, 15) is 9.59 Å². The van der Waals surface area contributed by atoms with Crippen molar-refractivity contribution in [2.45, 2.75) is 33.1 Å². The fourth-order valence-electron chi connectivity index (χ4n) is 1.86. The van der Waals surface area contributed by atoms with Gasteiger partial charge in [-0.25, -0.2) is 4.79 Å². The van der Waals surface area contributed by atoms with Gasteiger partial charge in [0.2, 0.25) is 0 Å². The van der Waals surface area contributed by atoms with Crippen molar-refractivity contribution in [3.8, 4) is 0 Å². The van der Waals surface area contributed by atoms with Crippen LogP contribution in [-0.4, -0.2) is 23.7 Å². The molecule has 0 saturated carbocycles. The Morgan fingerprint density at radius 2 is 1.90 bits per heavy atom. The summed E-state index contributed by atoms with van der Waals surface area (Å²) in [5.41, 5.74) is 1.97. The number of carbonyl (C=O) groups excluding carboxylic acids is 1. The van der Waals surface area contributed by atoms with Gasteiger partial charge in [-0.3, -0.25) is 4.79 Å². The molecule has 2 amide bonds. The van der Waals surface area contributed by atoms with Crippen LogP contribution in [-0.2, 0) is 11.2 Å². The molecular weight excluding hydrogens is 256 g/mol. The topological polar surface area (TPSA) is 78.4 Å². The van der Waals surface area contributed by atoms with E-state index >= 15 is 0 Å². The van der Waals surface area contributed by atoms with Crippen LogP contribution < -0.4 is 10.6 Å². The summed E-state index contributed by atoms with van der Waals surface area (Å²) in [4.78, 5) is 22.1. The van der Waals surface area contributed by atoms with Crippen molar-refractivity contribution in [1.29, 1.82) is 0 Å². The Labute approximate surface area is 119 Å². The Hall–Kier alpha value is -2.04. The second-order valence-corrected chi connectivity index (χ2v) is 4.98. The molecule has 1 aromatic rings. The van der Waals surface area contributed by atoms with Crippen LogP contribution in [0.5, 0.6) is 0 Å². The average molecular weight is 278 g/mol. The van der Waals surface area contributed by atoms with Crippen molar-refractivity contribution in [3.05, 3.63) is 29.8 Å². The van der Waals surface area contributed by atoms with Crippen LogP contribution in [0, 0.1) is 5.92 Å². The molecule has 0 aliphatic heterocycles. The lowest BCUT2D eigenvalue weighted by Crippen LogP contribution is -2.32. The minimum absolute atomic E-state index is 0.0476. The molecule has 0 fully saturated rings. The maximum Gasteiger partial charge on any atom is 0.319 e. The van der Waals surface area contributed by atoms with Crippen molar-refractivity contribution >= 4 is 17.7 Å². The molecule has 0 radical (unpaired) electrons. The zero-order valence-corrected chi connectivity index (χ0v) is 12.0. The zero-order valence-electron chi connectivity index (χ0n) is 12.0. The predicted molar refractivity (Wildman–Crippen MR) is 78.9 cm³/mol. The van der Waals surface area contributed by atoms with Gasteiger partial charge >= 0.3 is 12.0 Å². The molecule has 5 heteroatoms. The number of benzene rings is 1. The number of hydrogen-bond acceptors (Lipinski definition) is 2. The fourth-order valence-corrected chi connectivity index (χ4v) is 1.86. The number of nitrogens with one attached hydrogen (secondary N) is 2. The normalized spacial score (nSPS) is 11.7. The van der Waals surface area contributed by atoms with Crippen molar-refractivity contribution in [1.82, 2.24) is 5.32 Å². The number of urea groups is 1. The van der Waals surface area contributed by atoms with E-state index in [0.717, 1.165) is 18.5 Å². The number of aryl methyl sites for hydroxylation is 1. The molecule has 0 aliphatic rings. The molecule has 0 spiro atoms. The number of hydrogen-bond donors (Lipinski definition) is 3. The Morgan fingerprint density at radius 3 is 2.45 bits per heavy atom. The Balaban J connectivity index is 2.36. The van der Waals surface area contributed by atoms with Gasteiger partial charge in [0.05, 0.1) is 0 Å². The number of carboxylic acid groups (broad SMARTS) is 1. The highest BCUT2D eigenvalue weighted by Gasteiger charge is 2.09. The van der Waals surface area contributed by atoms with Crippen molar-refractivity contribution in [2.24, 2.45) is 5.92 Å². The molecule has 0 saturated heterocycles. The third kappa shape index (κ3) is 6.22. The molecule has 1 aromatic carbocycles. The van der Waals surface area contributed by atoms with Crippen LogP contribution in [0.3, 0.4) is 0 Å². The van der Waals surface area contributed by atoms with E-state index in [4.69, 9.17) is 5.11 Å². The Morgan fingerprint density at radius 1 is 1.25 bits per heavy atom. The largest absolute Gasteiger partial charge is 0.481 e. The van der Waals surface area contributed by atoms with Gasteiger partial charge in [0.15, 0.2) is 0 Å². The first-order valence-corrected chi connectivity index (χ1v) is 6.86. The van der Waals surface area contributed by atoms with Gasteiger partial charge in [-0.2, -0.15) is 0 Å². The molecule has 1 rings (SSSR count). The standard InChI is InChI=1S/C15H22N2O3/c1-3-4-12-5-7-13(8-6-12)17-15(20)16-10-11(2)9-14(18)19/h5-8,11H,3-4,9-10H2,1-2H3,(H,18,19)(H2,16,17,20). The van der Waals surface area contributed by atoms with Gasteiger partial charge in [0.25, 0.3) is 0 Å². The number of carboxylic acids is 1. The van der Waals surface area contributed by atoms with Gasteiger partial charge in [0.1, 0.15) is 0 Å². The van der Waals surface area contributed by atoms with Crippen LogP contribution in [0.1, 0.15) is 32.3 Å². The summed E-state index contributed by atoms with van der Waals surface area (Å²) in [6, 6.07) is 7.40. The van der Waals surface area contributed by atoms with E-state index in [0.29, 0.717) is 6.54 Å². The van der Waals surface area contributed by atoms with E-state index in [1.165, 1.54) is 5.56 Å². The highest BCUT2D eigenvalue weighted by Crippen LogP contribution is 2.10. The SMILES string of the molecule is CCCc1ccc(NC(=O)NCC(C)CC(=O)O)cc1. The van der Waals surface area contributed by atoms with Crippen molar-refractivity contribution in [3.63, 3.8) is 0 Å². The summed E-state index contributed by atoms with van der Waals surface area (Å²) >= 11 is 0. The summed E-state index contributed by atoms with van der Waals surface area (Å²) in [6.45, 7) is 4.25. The summed E-state index contributed by atoms with van der Waals surface area (Å²) in [6.07, 6.45) is 2.17. The van der Waals surface area contributed by atoms with Gasteiger partial charge in [0, 0.05) is 18.7 Å². The van der Waals surface area contributed by atoms with Crippen LogP contribution in [0.2, 0.25) is 0 Å². The highest BCUT2D eigenvalue weighted by atomic mass is 16.4. The Bertz CT molecular complexity index is 443. The first kappa shape index (κ1) is 16.0. The summed E-state index contributed by atoms with van der Waals surface area (Å²) < 4.78 is 0. The first-order valence-electron chi connectivity index (χ1n) is 6.86. The maximum absolute atomic E-state index is 11.6. The Kier molecular flexibility index (Phi) is 6.56. The van der Waals surface area contributed by atoms with Crippen LogP contribution >= 0.6 is 0 Å². The van der Waals surface area contributed by atoms with Gasteiger partial charge in [-0.1, -0.05) is 32.4 Å². The summed E-state index contributed by atoms with van der Waals surface area (Å²) in [7, 11) is 0. The molecule has 5 nitrogen and oxygen atoms in total. The number of carbonyl (C=O) groups is 2. The number of amides is 2. The number of anilines is 1. The lowest BCUT2D eigenvalue weighted by molar-refractivity contribution is -0.137. The van der Waals surface area contributed by atoms with E-state index in [1.807, 2.05) is 24.3 Å². The smallest absolute Gasteiger partial charge is 0.319 e. The van der Waals surface area contributed by atoms with E-state index in [2.05, 4.69) is 17.6 Å². The summed E-state index contributed by atoms with van der Waals surface area (Å²) in [5, 5.41) is 14.0. The van der Waals surface area contributed by atoms with Crippen LogP contribution in [0.4, 0.5) is 10.5 Å². The lowest BCUT2D eigenvalue weighted by Gasteiger charge is -2.11. The molecular formula is C15H22N2O3. The van der Waals surface area contributed by atoms with E-state index in [-0.39, 0.29) is 18.4 Å². The van der Waals surface area contributed by atoms with Crippen molar-refractivity contribution < 1.29 is 14.7 Å². The third-order valence-electron chi connectivity index (χ3n) is 2.88. The molecule has 0 heterocycles. The highest BCUT2D eigenvalue weighted by molar-refractivity contribution is 5.89. The second kappa shape index (κ2) is 8.19. The van der Waals surface area contributed by atoms with Crippen LogP contribution in [0.25, 0.3) is 0 Å². The number of rotatable bonds is 7. The van der Waals surface area contributed by atoms with Gasteiger partial charge < -0.3 is 15.7 Å². The van der Waals surface area contributed by atoms with E-state index < -0.39 is 5.97 Å². The molecule has 3 N–H and O–H groups in total. The predicted octanol–water partition coefficient (Wildman–Crippen LogP) is 2.87.